The van der Waals surface area contributed by atoms with Gasteiger partial charge in [0.2, 0.25) is 10.0 Å². The fourth-order valence-corrected chi connectivity index (χ4v) is 5.33. The van der Waals surface area contributed by atoms with Gasteiger partial charge in [-0.1, -0.05) is 6.07 Å². The van der Waals surface area contributed by atoms with Gasteiger partial charge in [-0.25, -0.2) is 13.4 Å². The van der Waals surface area contributed by atoms with E-state index in [1.807, 2.05) is 7.05 Å². The molecule has 1 aromatic heterocycles. The molecule has 0 atom stereocenters. The quantitative estimate of drug-likeness (QED) is 0.781. The van der Waals surface area contributed by atoms with E-state index in [1.54, 1.807) is 36.5 Å². The minimum atomic E-state index is -3.59. The molecule has 0 saturated carbocycles. The summed E-state index contributed by atoms with van der Waals surface area (Å²) in [5, 5.41) is 2.85. The molecule has 3 heterocycles. The predicted molar refractivity (Wildman–Crippen MR) is 116 cm³/mol. The Labute approximate surface area is 177 Å². The van der Waals surface area contributed by atoms with Crippen molar-refractivity contribution in [3.05, 3.63) is 48.2 Å². The normalized spacial score (nSPS) is 18.5. The number of piperazine rings is 1. The van der Waals surface area contributed by atoms with Crippen molar-refractivity contribution in [2.75, 3.05) is 56.5 Å². The van der Waals surface area contributed by atoms with Crippen molar-refractivity contribution in [1.82, 2.24) is 14.2 Å². The van der Waals surface area contributed by atoms with Crippen LogP contribution in [0, 0.1) is 0 Å². The monoisotopic (exact) mass is 429 g/mol. The molecule has 0 aliphatic carbocycles. The van der Waals surface area contributed by atoms with E-state index in [9.17, 15) is 13.2 Å². The third-order valence-electron chi connectivity index (χ3n) is 5.63. The molecule has 0 radical (unpaired) electrons. The number of amides is 1. The Morgan fingerprint density at radius 1 is 1.00 bits per heavy atom. The lowest BCUT2D eigenvalue weighted by atomic mass is 10.2. The molecule has 0 spiro atoms. The summed E-state index contributed by atoms with van der Waals surface area (Å²) in [6.45, 7) is 4.10. The third-order valence-corrected chi connectivity index (χ3v) is 7.52. The number of hydrogen-bond acceptors (Lipinski definition) is 6. The zero-order valence-corrected chi connectivity index (χ0v) is 17.9. The highest BCUT2D eigenvalue weighted by Gasteiger charge is 2.28. The topological polar surface area (TPSA) is 85.8 Å². The Morgan fingerprint density at radius 2 is 1.73 bits per heavy atom. The predicted octanol–water partition coefficient (Wildman–Crippen LogP) is 1.87. The number of nitrogens with zero attached hydrogens (tertiary/aromatic N) is 4. The van der Waals surface area contributed by atoms with Crippen molar-refractivity contribution in [3.63, 3.8) is 0 Å². The van der Waals surface area contributed by atoms with E-state index in [-0.39, 0.29) is 10.8 Å². The second kappa shape index (κ2) is 8.71. The molecule has 4 rings (SSSR count). The van der Waals surface area contributed by atoms with Crippen LogP contribution in [0.25, 0.3) is 0 Å². The van der Waals surface area contributed by atoms with Crippen LogP contribution in [0.5, 0.6) is 0 Å². The van der Waals surface area contributed by atoms with E-state index in [4.69, 9.17) is 0 Å². The molecule has 2 saturated heterocycles. The van der Waals surface area contributed by atoms with Gasteiger partial charge in [-0.2, -0.15) is 4.31 Å². The van der Waals surface area contributed by atoms with E-state index in [1.165, 1.54) is 10.4 Å². The number of benzene rings is 1. The van der Waals surface area contributed by atoms with Crippen molar-refractivity contribution in [2.24, 2.45) is 0 Å². The Bertz CT molecular complexity index is 1010. The number of sulfonamides is 1. The maximum atomic E-state index is 13.0. The number of nitrogens with one attached hydrogen (secondary N) is 1. The van der Waals surface area contributed by atoms with Crippen molar-refractivity contribution in [1.29, 1.82) is 0 Å². The van der Waals surface area contributed by atoms with Gasteiger partial charge in [0.05, 0.1) is 10.5 Å². The van der Waals surface area contributed by atoms with Gasteiger partial charge in [0, 0.05) is 51.2 Å². The van der Waals surface area contributed by atoms with Gasteiger partial charge in [-0.05, 0) is 50.2 Å². The van der Waals surface area contributed by atoms with E-state index in [0.29, 0.717) is 43.2 Å². The molecule has 160 valence electrons. The highest BCUT2D eigenvalue weighted by molar-refractivity contribution is 7.89. The first-order valence-corrected chi connectivity index (χ1v) is 11.7. The summed E-state index contributed by atoms with van der Waals surface area (Å²) in [5.41, 5.74) is 0.943. The third kappa shape index (κ3) is 4.33. The van der Waals surface area contributed by atoms with Gasteiger partial charge in [0.25, 0.3) is 5.91 Å². The molecule has 2 aromatic rings. The summed E-state index contributed by atoms with van der Waals surface area (Å²) < 4.78 is 27.5. The fraction of sp³-hybridized carbons (Fsp3) is 0.429. The summed E-state index contributed by atoms with van der Waals surface area (Å²) in [6, 6.07) is 9.94. The molecule has 9 heteroatoms. The van der Waals surface area contributed by atoms with E-state index in [2.05, 4.69) is 20.1 Å². The largest absolute Gasteiger partial charge is 0.356 e. The maximum Gasteiger partial charge on any atom is 0.259 e. The number of pyridine rings is 1. The summed E-state index contributed by atoms with van der Waals surface area (Å²) in [4.78, 5) is 21.8. The molecule has 0 bridgehead atoms. The van der Waals surface area contributed by atoms with Gasteiger partial charge in [-0.15, -0.1) is 0 Å². The highest BCUT2D eigenvalue weighted by Crippen LogP contribution is 2.24. The van der Waals surface area contributed by atoms with Gasteiger partial charge in [-0.3, -0.25) is 4.79 Å². The summed E-state index contributed by atoms with van der Waals surface area (Å²) >= 11 is 0. The summed E-state index contributed by atoms with van der Waals surface area (Å²) in [7, 11) is -1.61. The molecular weight excluding hydrogens is 402 g/mol. The summed E-state index contributed by atoms with van der Waals surface area (Å²) in [5.74, 6) is 0.382. The molecule has 1 aromatic carbocycles. The van der Waals surface area contributed by atoms with Gasteiger partial charge < -0.3 is 15.1 Å². The van der Waals surface area contributed by atoms with E-state index >= 15 is 0 Å². The SMILES string of the molecule is CN1CCN(S(=O)(=O)c2cccc(NC(=O)c3cccnc3N3CCCC3)c2)CC1. The van der Waals surface area contributed by atoms with E-state index < -0.39 is 10.0 Å². The minimum absolute atomic E-state index is 0.191. The Morgan fingerprint density at radius 3 is 2.47 bits per heavy atom. The van der Waals surface area contributed by atoms with Gasteiger partial charge in [0.15, 0.2) is 0 Å². The van der Waals surface area contributed by atoms with Crippen LogP contribution in [0.4, 0.5) is 11.5 Å². The van der Waals surface area contributed by atoms with Gasteiger partial charge >= 0.3 is 0 Å². The number of aromatic nitrogens is 1. The fourth-order valence-electron chi connectivity index (χ4n) is 3.87. The molecule has 30 heavy (non-hydrogen) atoms. The second-order valence-electron chi connectivity index (χ2n) is 7.76. The highest BCUT2D eigenvalue weighted by atomic mass is 32.2. The van der Waals surface area contributed by atoms with Crippen LogP contribution in [-0.2, 0) is 10.0 Å². The number of hydrogen-bond donors (Lipinski definition) is 1. The molecule has 8 nitrogen and oxygen atoms in total. The zero-order chi connectivity index (χ0) is 21.1. The maximum absolute atomic E-state index is 13.0. The number of carbonyl (C=O) groups is 1. The minimum Gasteiger partial charge on any atom is -0.356 e. The van der Waals surface area contributed by atoms with Crippen LogP contribution >= 0.6 is 0 Å². The molecule has 1 amide bonds. The van der Waals surface area contributed by atoms with Crippen LogP contribution in [-0.4, -0.2) is 74.8 Å². The lowest BCUT2D eigenvalue weighted by molar-refractivity contribution is 0.102. The van der Waals surface area contributed by atoms with Crippen LogP contribution in [0.3, 0.4) is 0 Å². The van der Waals surface area contributed by atoms with Crippen LogP contribution in [0.1, 0.15) is 23.2 Å². The standard InChI is InChI=1S/C21H27N5O3S/c1-24-12-14-26(15-13-24)30(28,29)18-7-4-6-17(16-18)23-21(27)19-8-5-9-22-20(19)25-10-2-3-11-25/h4-9,16H,2-3,10-15H2,1H3,(H,23,27). The van der Waals surface area contributed by atoms with Gasteiger partial charge in [0.1, 0.15) is 5.82 Å². The number of likely N-dealkylation sites (N-methyl/N-ethyl adjacent to an activating group) is 1. The number of anilines is 2. The lowest BCUT2D eigenvalue weighted by Gasteiger charge is -2.31. The van der Waals surface area contributed by atoms with Crippen LogP contribution < -0.4 is 10.2 Å². The first kappa shape index (κ1) is 20.8. The molecular formula is C21H27N5O3S. The Balaban J connectivity index is 1.53. The average Bonchev–Trinajstić information content (AvgIpc) is 3.29. The zero-order valence-electron chi connectivity index (χ0n) is 17.1. The molecule has 2 fully saturated rings. The van der Waals surface area contributed by atoms with Crippen molar-refractivity contribution in [3.8, 4) is 0 Å². The number of carbonyl (C=O) groups excluding carboxylic acids is 1. The molecule has 1 N–H and O–H groups in total. The molecule has 2 aliphatic rings. The lowest BCUT2D eigenvalue weighted by Crippen LogP contribution is -2.47. The summed E-state index contributed by atoms with van der Waals surface area (Å²) in [6.07, 6.45) is 3.86. The average molecular weight is 430 g/mol. The molecule has 2 aliphatic heterocycles. The Hall–Kier alpha value is -2.49. The van der Waals surface area contributed by atoms with Crippen LogP contribution in [0.2, 0.25) is 0 Å². The second-order valence-corrected chi connectivity index (χ2v) is 9.70. The van der Waals surface area contributed by atoms with Crippen molar-refractivity contribution >= 4 is 27.4 Å². The van der Waals surface area contributed by atoms with Crippen molar-refractivity contribution in [2.45, 2.75) is 17.7 Å². The smallest absolute Gasteiger partial charge is 0.259 e. The first-order valence-electron chi connectivity index (χ1n) is 10.3. The Kier molecular flexibility index (Phi) is 6.03. The van der Waals surface area contributed by atoms with Crippen LogP contribution in [0.15, 0.2) is 47.5 Å². The first-order chi connectivity index (χ1) is 14.4. The van der Waals surface area contributed by atoms with Crippen molar-refractivity contribution < 1.29 is 13.2 Å². The molecule has 0 unspecified atom stereocenters. The number of rotatable bonds is 5. The van der Waals surface area contributed by atoms with E-state index in [0.717, 1.165) is 25.9 Å².